The predicted octanol–water partition coefficient (Wildman–Crippen LogP) is 6.24. The molecule has 0 spiro atoms. The lowest BCUT2D eigenvalue weighted by Gasteiger charge is -2.35. The predicted molar refractivity (Wildman–Crippen MR) is 211 cm³/mol. The maximum atomic E-state index is 13.8. The van der Waals surface area contributed by atoms with Gasteiger partial charge in [0.05, 0.1) is 23.9 Å². The molecule has 0 aliphatic rings. The molecule has 5 N–H and O–H groups in total. The number of aliphatic hydroxyl groups is 1. The van der Waals surface area contributed by atoms with E-state index >= 15 is 0 Å². The fraction of sp³-hybridized carbons (Fsp3) is 0.447. The first-order valence-electron chi connectivity index (χ1n) is 17.0. The number of halogens is 4. The molecule has 0 radical (unpaired) electrons. The van der Waals surface area contributed by atoms with Gasteiger partial charge in [0.1, 0.15) is 12.3 Å². The summed E-state index contributed by atoms with van der Waals surface area (Å²) in [5.41, 5.74) is 5.39. The van der Waals surface area contributed by atoms with Crippen molar-refractivity contribution in [2.45, 2.75) is 58.8 Å². The number of ether oxygens (including phenoxy) is 1. The number of amides is 2. The number of rotatable bonds is 17. The van der Waals surface area contributed by atoms with Gasteiger partial charge >= 0.3 is 6.18 Å². The van der Waals surface area contributed by atoms with Crippen molar-refractivity contribution in [2.75, 3.05) is 46.9 Å². The zero-order valence-electron chi connectivity index (χ0n) is 31.9. The van der Waals surface area contributed by atoms with E-state index in [1.54, 1.807) is 42.5 Å². The molecule has 0 aliphatic heterocycles. The molecule has 1 heterocycles. The first kappa shape index (κ1) is 47.3. The number of nitrogens with zero attached hydrogens (tertiary/aromatic N) is 5. The van der Waals surface area contributed by atoms with Gasteiger partial charge in [-0.1, -0.05) is 31.5 Å². The van der Waals surface area contributed by atoms with Crippen LogP contribution in [0.5, 0.6) is 5.75 Å². The Kier molecular flexibility index (Phi) is 20.3. The molecule has 16 heteroatoms. The van der Waals surface area contributed by atoms with E-state index in [2.05, 4.69) is 44.8 Å². The summed E-state index contributed by atoms with van der Waals surface area (Å²) in [5.74, 6) is -0.0595. The van der Waals surface area contributed by atoms with Crippen LogP contribution >= 0.6 is 11.6 Å². The van der Waals surface area contributed by atoms with E-state index in [4.69, 9.17) is 21.4 Å². The number of benzene rings is 2. The van der Waals surface area contributed by atoms with E-state index in [0.717, 1.165) is 7.11 Å². The van der Waals surface area contributed by atoms with Crippen molar-refractivity contribution < 1.29 is 32.6 Å². The topological polar surface area (TPSA) is 159 Å². The van der Waals surface area contributed by atoms with Crippen LogP contribution in [0.3, 0.4) is 0 Å². The molecule has 2 aromatic carbocycles. The van der Waals surface area contributed by atoms with Crippen LogP contribution < -0.4 is 21.1 Å². The largest absolute Gasteiger partial charge is 0.492 e. The Balaban J connectivity index is 0.00000352. The Morgan fingerprint density at radius 2 is 1.61 bits per heavy atom. The van der Waals surface area contributed by atoms with E-state index in [-0.39, 0.29) is 37.3 Å². The Morgan fingerprint density at radius 1 is 0.981 bits per heavy atom. The number of carbonyl (C=O) groups is 2. The molecule has 3 aromatic rings. The molecule has 0 fully saturated rings. The number of aliphatic imine (C=N–C) groups is 3. The van der Waals surface area contributed by atoms with Crippen LogP contribution in [-0.2, 0) is 16.9 Å². The van der Waals surface area contributed by atoms with Crippen molar-refractivity contribution >= 4 is 48.5 Å². The Bertz CT molecular complexity index is 1630. The van der Waals surface area contributed by atoms with Crippen LogP contribution in [0, 0.1) is 5.41 Å². The fourth-order valence-corrected chi connectivity index (χ4v) is 5.28. The first-order chi connectivity index (χ1) is 25.5. The van der Waals surface area contributed by atoms with Crippen molar-refractivity contribution in [1.29, 1.82) is 0 Å². The highest BCUT2D eigenvalue weighted by Gasteiger charge is 2.30. The number of hydrogen-bond acceptors (Lipinski definition) is 7. The summed E-state index contributed by atoms with van der Waals surface area (Å²) in [6.07, 6.45) is 0.222. The normalized spacial score (nSPS) is 11.6. The second-order valence-electron chi connectivity index (χ2n) is 13.2. The van der Waals surface area contributed by atoms with Crippen LogP contribution in [0.4, 0.5) is 18.9 Å². The maximum absolute atomic E-state index is 13.8. The molecular weight excluding hydrogens is 725 g/mol. The monoisotopic (exact) mass is 778 g/mol. The number of alkyl halides is 3. The van der Waals surface area contributed by atoms with Gasteiger partial charge in [0.2, 0.25) is 11.9 Å². The summed E-state index contributed by atoms with van der Waals surface area (Å²) in [5, 5.41) is 12.4. The van der Waals surface area contributed by atoms with Crippen LogP contribution in [0.15, 0.2) is 82.0 Å². The van der Waals surface area contributed by atoms with Crippen molar-refractivity contribution in [2.24, 2.45) is 26.1 Å². The third kappa shape index (κ3) is 16.9. The number of nitrogens with one attached hydrogen (secondary N) is 2. The molecule has 0 unspecified atom stereocenters. The molecule has 12 nitrogen and oxygen atoms in total. The zero-order chi connectivity index (χ0) is 41.0. The highest BCUT2D eigenvalue weighted by Crippen LogP contribution is 2.27. The summed E-state index contributed by atoms with van der Waals surface area (Å²) in [4.78, 5) is 39.8. The SMILES string of the molecule is C=NC(=NCc1ccc(OCCCN(CC(C)(C)CNC(=O)c2ccc(N=C)cc2)C(=O)CC(C)(C)n2cccc2)c(Cl)c1)NCC(F)(F)F.CN.CO. The lowest BCUT2D eigenvalue weighted by Crippen LogP contribution is -2.46. The van der Waals surface area contributed by atoms with Gasteiger partial charge in [-0.15, -0.1) is 0 Å². The summed E-state index contributed by atoms with van der Waals surface area (Å²) < 4.78 is 45.4. The first-order valence-corrected chi connectivity index (χ1v) is 17.4. The lowest BCUT2D eigenvalue weighted by molar-refractivity contribution is -0.134. The smallest absolute Gasteiger partial charge is 0.405 e. The molecule has 3 rings (SSSR count). The van der Waals surface area contributed by atoms with E-state index in [1.807, 2.05) is 61.7 Å². The van der Waals surface area contributed by atoms with Gasteiger partial charge in [0.25, 0.3) is 5.91 Å². The quantitative estimate of drug-likeness (QED) is 0.0721. The molecule has 0 saturated carbocycles. The van der Waals surface area contributed by atoms with Gasteiger partial charge in [-0.2, -0.15) is 13.2 Å². The number of aliphatic hydroxyl groups excluding tert-OH is 1. The van der Waals surface area contributed by atoms with Gasteiger partial charge in [0, 0.05) is 56.7 Å². The van der Waals surface area contributed by atoms with Gasteiger partial charge in [-0.25, -0.2) is 9.98 Å². The Hall–Kier alpha value is -4.73. The summed E-state index contributed by atoms with van der Waals surface area (Å²) in [6.45, 7) is 14.9. The number of hydrogen-bond donors (Lipinski definition) is 4. The lowest BCUT2D eigenvalue weighted by atomic mass is 9.91. The van der Waals surface area contributed by atoms with Crippen LogP contribution in [-0.4, -0.2) is 98.9 Å². The van der Waals surface area contributed by atoms with Crippen molar-refractivity contribution in [1.82, 2.24) is 20.1 Å². The standard InChI is InChI=1S/C36H45ClF3N7O3.CH5N.CH4O/c1-34(2,23-44-32(49)27-11-13-28(41-5)14-12-27)25-46(31(48)21-35(3,4)47-17-7-8-18-47)16-9-19-50-30-15-10-26(20-29(30)37)22-43-33(42-6)45-24-36(38,39)40;2*1-2/h7-8,10-15,17-18,20H,5-6,9,16,19,21-25H2,1-4H3,(H,43,45)(H,44,49);2H2,1H3;2H,1H3. The Labute approximate surface area is 321 Å². The van der Waals surface area contributed by atoms with E-state index in [0.29, 0.717) is 53.6 Å². The molecule has 1 aromatic heterocycles. The average molecular weight is 779 g/mol. The number of carbonyl (C=O) groups excluding carboxylic acids is 2. The second kappa shape index (κ2) is 23.1. The summed E-state index contributed by atoms with van der Waals surface area (Å²) in [6, 6.07) is 15.6. The van der Waals surface area contributed by atoms with E-state index in [1.165, 1.54) is 7.05 Å². The minimum atomic E-state index is -4.41. The molecule has 0 atom stereocenters. The number of aromatic nitrogens is 1. The molecular formula is C38H54ClF3N8O4. The number of nitrogens with two attached hydrogens (primary N) is 1. The highest BCUT2D eigenvalue weighted by atomic mass is 35.5. The van der Waals surface area contributed by atoms with Crippen LogP contribution in [0.2, 0.25) is 5.02 Å². The van der Waals surface area contributed by atoms with Gasteiger partial charge in [-0.3, -0.25) is 14.6 Å². The zero-order valence-corrected chi connectivity index (χ0v) is 32.7. The highest BCUT2D eigenvalue weighted by molar-refractivity contribution is 6.32. The summed E-state index contributed by atoms with van der Waals surface area (Å²) in [7, 11) is 2.50. The third-order valence-electron chi connectivity index (χ3n) is 7.73. The van der Waals surface area contributed by atoms with Crippen molar-refractivity contribution in [3.63, 3.8) is 0 Å². The van der Waals surface area contributed by atoms with Gasteiger partial charge in [0.15, 0.2) is 0 Å². The molecule has 0 aliphatic carbocycles. The third-order valence-corrected chi connectivity index (χ3v) is 8.03. The molecule has 298 valence electrons. The molecule has 2 amide bonds. The molecule has 0 bridgehead atoms. The van der Waals surface area contributed by atoms with E-state index in [9.17, 15) is 22.8 Å². The van der Waals surface area contributed by atoms with Crippen molar-refractivity contribution in [3.05, 3.63) is 83.1 Å². The maximum Gasteiger partial charge on any atom is 0.405 e. The minimum absolute atomic E-state index is 0.0309. The number of guanidine groups is 1. The Morgan fingerprint density at radius 3 is 2.17 bits per heavy atom. The van der Waals surface area contributed by atoms with Gasteiger partial charge in [-0.05, 0) is 100 Å². The average Bonchev–Trinajstić information content (AvgIpc) is 3.70. The van der Waals surface area contributed by atoms with Gasteiger partial charge < -0.3 is 35.7 Å². The van der Waals surface area contributed by atoms with Crippen LogP contribution in [0.25, 0.3) is 0 Å². The fourth-order valence-electron chi connectivity index (χ4n) is 5.02. The molecule has 0 saturated heterocycles. The summed E-state index contributed by atoms with van der Waals surface area (Å²) >= 11 is 6.44. The van der Waals surface area contributed by atoms with Crippen molar-refractivity contribution in [3.8, 4) is 5.75 Å². The second-order valence-corrected chi connectivity index (χ2v) is 13.6. The van der Waals surface area contributed by atoms with Crippen LogP contribution in [0.1, 0.15) is 56.5 Å². The minimum Gasteiger partial charge on any atom is -0.492 e. The molecule has 54 heavy (non-hydrogen) atoms. The van der Waals surface area contributed by atoms with E-state index < -0.39 is 23.7 Å².